The maximum atomic E-state index is 11.9. The highest BCUT2D eigenvalue weighted by Gasteiger charge is 2.25. The topological polar surface area (TPSA) is 55.6 Å². The molecule has 0 bridgehead atoms. The van der Waals surface area contributed by atoms with E-state index in [1.54, 1.807) is 31.9 Å². The first-order chi connectivity index (χ1) is 8.84. The monoisotopic (exact) mass is 262 g/mol. The van der Waals surface area contributed by atoms with E-state index >= 15 is 0 Å². The van der Waals surface area contributed by atoms with Crippen LogP contribution in [0.3, 0.4) is 0 Å². The van der Waals surface area contributed by atoms with Gasteiger partial charge >= 0.3 is 0 Å². The summed E-state index contributed by atoms with van der Waals surface area (Å²) in [6, 6.07) is 7.63. The molecule has 0 atom stereocenters. The number of nitrogens with zero attached hydrogens (tertiary/aromatic N) is 1. The van der Waals surface area contributed by atoms with Crippen molar-refractivity contribution in [2.24, 2.45) is 5.73 Å². The lowest BCUT2D eigenvalue weighted by Gasteiger charge is -2.25. The van der Waals surface area contributed by atoms with Crippen molar-refractivity contribution in [1.29, 1.82) is 0 Å². The Morgan fingerprint density at radius 3 is 2.47 bits per heavy atom. The first-order valence-corrected chi connectivity index (χ1v) is 6.21. The number of carbonyl (C=O) groups is 1. The van der Waals surface area contributed by atoms with Crippen molar-refractivity contribution in [3.63, 3.8) is 0 Å². The van der Waals surface area contributed by atoms with Crippen LogP contribution in [0.25, 0.3) is 0 Å². The number of hydrogen-bond acceptors (Lipinski definition) is 3. The second-order valence-corrected chi connectivity index (χ2v) is 5.13. The maximum absolute atomic E-state index is 11.9. The molecular weight excluding hydrogens is 240 g/mol. The minimum atomic E-state index is -0.845. The number of rotatable bonds is 6. The third kappa shape index (κ3) is 4.75. The number of amides is 1. The first kappa shape index (κ1) is 15.2. The molecule has 4 nitrogen and oxygen atoms in total. The molecule has 1 rings (SSSR count). The molecule has 0 aliphatic heterocycles. The fourth-order valence-corrected chi connectivity index (χ4v) is 1.68. The van der Waals surface area contributed by atoms with Gasteiger partial charge in [0.1, 0.15) is 12.4 Å². The van der Waals surface area contributed by atoms with E-state index in [9.17, 15) is 4.79 Å². The maximum Gasteiger partial charge on any atom is 0.242 e. The van der Waals surface area contributed by atoms with Crippen molar-refractivity contribution in [3.8, 4) is 5.75 Å². The van der Waals surface area contributed by atoms with Crippen LogP contribution in [0.2, 0.25) is 0 Å². The standard InChI is InChI=1S/C15H22N2O2/c1-5-10-19-13-8-6-12(7-9-13)11-17(4)14(18)15(2,3)16/h5-9H,1,10-11,16H2,2-4H3. The molecule has 4 heteroatoms. The molecule has 19 heavy (non-hydrogen) atoms. The smallest absolute Gasteiger partial charge is 0.242 e. The third-order valence-corrected chi connectivity index (χ3v) is 2.61. The van der Waals surface area contributed by atoms with Crippen LogP contribution < -0.4 is 10.5 Å². The summed E-state index contributed by atoms with van der Waals surface area (Å²) in [5.41, 5.74) is 5.98. The molecule has 0 saturated carbocycles. The normalized spacial score (nSPS) is 10.9. The number of likely N-dealkylation sites (N-methyl/N-ethyl adjacent to an activating group) is 1. The molecule has 1 aromatic carbocycles. The summed E-state index contributed by atoms with van der Waals surface area (Å²) in [5, 5.41) is 0. The average Bonchev–Trinajstić information content (AvgIpc) is 2.36. The summed E-state index contributed by atoms with van der Waals surface area (Å²) in [6.45, 7) is 8.02. The molecule has 0 aliphatic carbocycles. The third-order valence-electron chi connectivity index (χ3n) is 2.61. The largest absolute Gasteiger partial charge is 0.490 e. The molecule has 2 N–H and O–H groups in total. The van der Waals surface area contributed by atoms with Gasteiger partial charge in [-0.15, -0.1) is 0 Å². The van der Waals surface area contributed by atoms with E-state index in [1.165, 1.54) is 0 Å². The fourth-order valence-electron chi connectivity index (χ4n) is 1.68. The zero-order chi connectivity index (χ0) is 14.5. The van der Waals surface area contributed by atoms with Gasteiger partial charge in [-0.25, -0.2) is 0 Å². The Labute approximate surface area is 114 Å². The summed E-state index contributed by atoms with van der Waals surface area (Å²) < 4.78 is 5.40. The second kappa shape index (κ2) is 6.38. The molecule has 1 aromatic rings. The van der Waals surface area contributed by atoms with Crippen molar-refractivity contribution in [2.45, 2.75) is 25.9 Å². The van der Waals surface area contributed by atoms with Gasteiger partial charge in [0.25, 0.3) is 0 Å². The Morgan fingerprint density at radius 2 is 2.00 bits per heavy atom. The van der Waals surface area contributed by atoms with E-state index in [4.69, 9.17) is 10.5 Å². The van der Waals surface area contributed by atoms with Crippen molar-refractivity contribution < 1.29 is 9.53 Å². The van der Waals surface area contributed by atoms with Gasteiger partial charge in [-0.3, -0.25) is 4.79 Å². The van der Waals surface area contributed by atoms with Crippen molar-refractivity contribution in [3.05, 3.63) is 42.5 Å². The summed E-state index contributed by atoms with van der Waals surface area (Å²) in [7, 11) is 1.75. The van der Waals surface area contributed by atoms with Crippen LogP contribution in [0.15, 0.2) is 36.9 Å². The van der Waals surface area contributed by atoms with E-state index in [0.717, 1.165) is 11.3 Å². The van der Waals surface area contributed by atoms with E-state index < -0.39 is 5.54 Å². The van der Waals surface area contributed by atoms with Crippen LogP contribution in [-0.2, 0) is 11.3 Å². The SMILES string of the molecule is C=CCOc1ccc(CN(C)C(=O)C(C)(C)N)cc1. The highest BCUT2D eigenvalue weighted by Crippen LogP contribution is 2.14. The number of carbonyl (C=O) groups excluding carboxylic acids is 1. The highest BCUT2D eigenvalue weighted by atomic mass is 16.5. The Kier molecular flexibility index (Phi) is 5.12. The van der Waals surface area contributed by atoms with Crippen LogP contribution >= 0.6 is 0 Å². The van der Waals surface area contributed by atoms with Gasteiger partial charge < -0.3 is 15.4 Å². The van der Waals surface area contributed by atoms with Crippen LogP contribution in [0.5, 0.6) is 5.75 Å². The van der Waals surface area contributed by atoms with Gasteiger partial charge in [0.05, 0.1) is 5.54 Å². The average molecular weight is 262 g/mol. The quantitative estimate of drug-likeness (QED) is 0.797. The van der Waals surface area contributed by atoms with Crippen molar-refractivity contribution in [2.75, 3.05) is 13.7 Å². The van der Waals surface area contributed by atoms with Gasteiger partial charge in [0.2, 0.25) is 5.91 Å². The highest BCUT2D eigenvalue weighted by molar-refractivity contribution is 5.84. The van der Waals surface area contributed by atoms with Crippen LogP contribution in [0, 0.1) is 0 Å². The summed E-state index contributed by atoms with van der Waals surface area (Å²) >= 11 is 0. The molecule has 0 fully saturated rings. The van der Waals surface area contributed by atoms with Crippen molar-refractivity contribution >= 4 is 5.91 Å². The predicted octanol–water partition coefficient (Wildman–Crippen LogP) is 1.95. The summed E-state index contributed by atoms with van der Waals surface area (Å²) in [4.78, 5) is 13.6. The molecule has 0 spiro atoms. The lowest BCUT2D eigenvalue weighted by Crippen LogP contribution is -2.49. The number of hydrogen-bond donors (Lipinski definition) is 1. The Bertz CT molecular complexity index is 432. The van der Waals surface area contributed by atoms with E-state index in [1.807, 2.05) is 24.3 Å². The molecule has 0 aliphatic rings. The lowest BCUT2D eigenvalue weighted by atomic mass is 10.1. The van der Waals surface area contributed by atoms with Crippen LogP contribution in [-0.4, -0.2) is 30.0 Å². The lowest BCUT2D eigenvalue weighted by molar-refractivity contribution is -0.134. The van der Waals surface area contributed by atoms with E-state index in [-0.39, 0.29) is 5.91 Å². The molecular formula is C15H22N2O2. The Morgan fingerprint density at radius 1 is 1.42 bits per heavy atom. The molecule has 1 amide bonds. The minimum absolute atomic E-state index is 0.0838. The first-order valence-electron chi connectivity index (χ1n) is 6.21. The summed E-state index contributed by atoms with van der Waals surface area (Å²) in [5.74, 6) is 0.705. The molecule has 104 valence electrons. The van der Waals surface area contributed by atoms with Gasteiger partial charge in [-0.05, 0) is 31.5 Å². The second-order valence-electron chi connectivity index (χ2n) is 5.13. The van der Waals surface area contributed by atoms with Gasteiger partial charge in [0.15, 0.2) is 0 Å². The van der Waals surface area contributed by atoms with Gasteiger partial charge in [0, 0.05) is 13.6 Å². The molecule has 0 saturated heterocycles. The molecule has 0 heterocycles. The number of nitrogens with two attached hydrogens (primary N) is 1. The van der Waals surface area contributed by atoms with Crippen molar-refractivity contribution in [1.82, 2.24) is 4.90 Å². The molecule has 0 unspecified atom stereocenters. The van der Waals surface area contributed by atoms with Crippen LogP contribution in [0.4, 0.5) is 0 Å². The Hall–Kier alpha value is -1.81. The van der Waals surface area contributed by atoms with Crippen LogP contribution in [0.1, 0.15) is 19.4 Å². The molecule has 0 aromatic heterocycles. The predicted molar refractivity (Wildman–Crippen MR) is 76.9 cm³/mol. The summed E-state index contributed by atoms with van der Waals surface area (Å²) in [6.07, 6.45) is 1.70. The number of benzene rings is 1. The van der Waals surface area contributed by atoms with E-state index in [0.29, 0.717) is 13.2 Å². The number of ether oxygens (including phenoxy) is 1. The van der Waals surface area contributed by atoms with Gasteiger partial charge in [-0.2, -0.15) is 0 Å². The minimum Gasteiger partial charge on any atom is -0.490 e. The zero-order valence-corrected chi connectivity index (χ0v) is 11.8. The Balaban J connectivity index is 2.62. The molecule has 0 radical (unpaired) electrons. The fraction of sp³-hybridized carbons (Fsp3) is 0.400. The van der Waals surface area contributed by atoms with E-state index in [2.05, 4.69) is 6.58 Å². The van der Waals surface area contributed by atoms with Gasteiger partial charge in [-0.1, -0.05) is 24.8 Å². The zero-order valence-electron chi connectivity index (χ0n) is 11.8.